The predicted molar refractivity (Wildman–Crippen MR) is 75.6 cm³/mol. The third kappa shape index (κ3) is 5.08. The highest BCUT2D eigenvalue weighted by Crippen LogP contribution is 2.20. The van der Waals surface area contributed by atoms with Crippen LogP contribution in [0.1, 0.15) is 18.4 Å². The van der Waals surface area contributed by atoms with E-state index in [1.54, 1.807) is 13.2 Å². The van der Waals surface area contributed by atoms with E-state index < -0.39 is 10.0 Å². The van der Waals surface area contributed by atoms with Crippen LogP contribution in [-0.4, -0.2) is 28.7 Å². The van der Waals surface area contributed by atoms with E-state index in [-0.39, 0.29) is 11.4 Å². The molecule has 0 heterocycles. The first-order valence-corrected chi connectivity index (χ1v) is 7.84. The molecule has 0 aliphatic heterocycles. The largest absolute Gasteiger partial charge is 0.385 e. The van der Waals surface area contributed by atoms with Crippen LogP contribution in [0.5, 0.6) is 0 Å². The molecule has 0 saturated heterocycles. The zero-order chi connectivity index (χ0) is 14.3. The minimum atomic E-state index is -3.51. The van der Waals surface area contributed by atoms with Gasteiger partial charge in [0.15, 0.2) is 0 Å². The molecule has 5 nitrogen and oxygen atoms in total. The number of nitrogens with two attached hydrogens (primary N) is 1. The average Bonchev–Trinajstić information content (AvgIpc) is 2.38. The van der Waals surface area contributed by atoms with Gasteiger partial charge in [0.1, 0.15) is 0 Å². The summed E-state index contributed by atoms with van der Waals surface area (Å²) in [6.07, 6.45) is 1.54. The van der Waals surface area contributed by atoms with Gasteiger partial charge in [-0.3, -0.25) is 0 Å². The molecule has 0 spiro atoms. The van der Waals surface area contributed by atoms with E-state index in [2.05, 4.69) is 4.72 Å². The van der Waals surface area contributed by atoms with Crippen molar-refractivity contribution in [2.75, 3.05) is 20.3 Å². The number of hydrogen-bond acceptors (Lipinski definition) is 4. The lowest BCUT2D eigenvalue weighted by molar-refractivity contribution is 0.193. The van der Waals surface area contributed by atoms with Crippen LogP contribution in [-0.2, 0) is 21.3 Å². The Morgan fingerprint density at radius 2 is 2.11 bits per heavy atom. The van der Waals surface area contributed by atoms with Crippen LogP contribution >= 0.6 is 11.6 Å². The number of methoxy groups -OCH3 is 1. The monoisotopic (exact) mass is 306 g/mol. The van der Waals surface area contributed by atoms with Gasteiger partial charge in [-0.05, 0) is 30.5 Å². The van der Waals surface area contributed by atoms with E-state index in [0.29, 0.717) is 18.2 Å². The van der Waals surface area contributed by atoms with E-state index in [1.165, 1.54) is 12.1 Å². The van der Waals surface area contributed by atoms with Gasteiger partial charge in [-0.25, -0.2) is 13.1 Å². The fraction of sp³-hybridized carbons (Fsp3) is 0.500. The molecular weight excluding hydrogens is 288 g/mol. The van der Waals surface area contributed by atoms with Gasteiger partial charge >= 0.3 is 0 Å². The Morgan fingerprint density at radius 3 is 2.68 bits per heavy atom. The lowest BCUT2D eigenvalue weighted by Gasteiger charge is -2.08. The minimum Gasteiger partial charge on any atom is -0.385 e. The van der Waals surface area contributed by atoms with Crippen molar-refractivity contribution in [3.63, 3.8) is 0 Å². The summed E-state index contributed by atoms with van der Waals surface area (Å²) in [5, 5.41) is 0.366. The van der Waals surface area contributed by atoms with Gasteiger partial charge < -0.3 is 10.5 Å². The van der Waals surface area contributed by atoms with Crippen molar-refractivity contribution in [2.24, 2.45) is 5.73 Å². The molecule has 0 amide bonds. The maximum absolute atomic E-state index is 12.0. The number of unbranched alkanes of at least 4 members (excludes halogenated alkanes) is 1. The second kappa shape index (κ2) is 7.81. The van der Waals surface area contributed by atoms with Crippen LogP contribution in [0.15, 0.2) is 23.1 Å². The third-order valence-electron chi connectivity index (χ3n) is 2.62. The maximum atomic E-state index is 12.0. The van der Waals surface area contributed by atoms with Crippen LogP contribution in [0.2, 0.25) is 5.02 Å². The number of halogens is 1. The fourth-order valence-electron chi connectivity index (χ4n) is 1.52. The first-order chi connectivity index (χ1) is 9.01. The van der Waals surface area contributed by atoms with Crippen molar-refractivity contribution in [2.45, 2.75) is 24.3 Å². The van der Waals surface area contributed by atoms with Crippen LogP contribution in [0.4, 0.5) is 0 Å². The average molecular weight is 307 g/mol. The molecule has 0 fully saturated rings. The van der Waals surface area contributed by atoms with Crippen molar-refractivity contribution in [1.29, 1.82) is 0 Å². The van der Waals surface area contributed by atoms with E-state index in [9.17, 15) is 8.42 Å². The predicted octanol–water partition coefficient (Wildman–Crippen LogP) is 1.50. The second-order valence-corrected chi connectivity index (χ2v) is 6.23. The lowest BCUT2D eigenvalue weighted by Crippen LogP contribution is -2.25. The highest BCUT2D eigenvalue weighted by molar-refractivity contribution is 7.89. The van der Waals surface area contributed by atoms with E-state index in [0.717, 1.165) is 18.4 Å². The highest BCUT2D eigenvalue weighted by atomic mass is 35.5. The molecule has 19 heavy (non-hydrogen) atoms. The summed E-state index contributed by atoms with van der Waals surface area (Å²) in [7, 11) is -1.89. The summed E-state index contributed by atoms with van der Waals surface area (Å²) in [4.78, 5) is 0.154. The molecule has 0 aliphatic carbocycles. The molecule has 7 heteroatoms. The first-order valence-electron chi connectivity index (χ1n) is 5.98. The third-order valence-corrected chi connectivity index (χ3v) is 4.43. The molecule has 108 valence electrons. The van der Waals surface area contributed by atoms with E-state index >= 15 is 0 Å². The second-order valence-electron chi connectivity index (χ2n) is 4.06. The van der Waals surface area contributed by atoms with Gasteiger partial charge in [0.05, 0.1) is 4.90 Å². The topological polar surface area (TPSA) is 81.4 Å². The smallest absolute Gasteiger partial charge is 0.240 e. The molecule has 1 aromatic carbocycles. The Bertz CT molecular complexity index is 506. The molecule has 0 aromatic heterocycles. The Balaban J connectivity index is 2.64. The quantitative estimate of drug-likeness (QED) is 0.713. The van der Waals surface area contributed by atoms with E-state index in [4.69, 9.17) is 22.1 Å². The number of rotatable bonds is 8. The number of sulfonamides is 1. The van der Waals surface area contributed by atoms with Crippen molar-refractivity contribution >= 4 is 21.6 Å². The van der Waals surface area contributed by atoms with Gasteiger partial charge in [-0.15, -0.1) is 0 Å². The number of nitrogens with one attached hydrogen (secondary N) is 1. The Morgan fingerprint density at radius 1 is 1.37 bits per heavy atom. The highest BCUT2D eigenvalue weighted by Gasteiger charge is 2.14. The van der Waals surface area contributed by atoms with Crippen molar-refractivity contribution in [3.05, 3.63) is 28.8 Å². The summed E-state index contributed by atoms with van der Waals surface area (Å²) < 4.78 is 31.4. The molecule has 0 unspecified atom stereocenters. The Hall–Kier alpha value is -0.660. The molecule has 1 aromatic rings. The van der Waals surface area contributed by atoms with Crippen molar-refractivity contribution in [1.82, 2.24) is 4.72 Å². The van der Waals surface area contributed by atoms with Gasteiger partial charge in [-0.1, -0.05) is 17.7 Å². The van der Waals surface area contributed by atoms with Crippen LogP contribution in [0.3, 0.4) is 0 Å². The molecule has 1 rings (SSSR count). The van der Waals surface area contributed by atoms with Crippen LogP contribution in [0.25, 0.3) is 0 Å². The van der Waals surface area contributed by atoms with Gasteiger partial charge in [0, 0.05) is 31.8 Å². The van der Waals surface area contributed by atoms with Crippen LogP contribution in [0, 0.1) is 0 Å². The standard InChI is InChI=1S/C12H19ClN2O3S/c1-18-7-3-2-6-15-19(16,17)11-5-4-10(9-14)12(13)8-11/h4-5,8,15H,2-3,6-7,9,14H2,1H3. The molecule has 0 aliphatic rings. The Kier molecular flexibility index (Phi) is 6.74. The summed E-state index contributed by atoms with van der Waals surface area (Å²) in [6.45, 7) is 1.28. The number of hydrogen-bond donors (Lipinski definition) is 2. The molecular formula is C12H19ClN2O3S. The van der Waals surface area contributed by atoms with Gasteiger partial charge in [-0.2, -0.15) is 0 Å². The lowest BCUT2D eigenvalue weighted by atomic mass is 10.2. The SMILES string of the molecule is COCCCCNS(=O)(=O)c1ccc(CN)c(Cl)c1. The summed E-state index contributed by atoms with van der Waals surface area (Å²) >= 11 is 5.95. The fourth-order valence-corrected chi connectivity index (χ4v) is 2.94. The number of benzene rings is 1. The van der Waals surface area contributed by atoms with Gasteiger partial charge in [0.25, 0.3) is 0 Å². The molecule has 0 saturated carbocycles. The molecule has 3 N–H and O–H groups in total. The molecule has 0 atom stereocenters. The van der Waals surface area contributed by atoms with Gasteiger partial charge in [0.2, 0.25) is 10.0 Å². The zero-order valence-electron chi connectivity index (χ0n) is 10.9. The van der Waals surface area contributed by atoms with Crippen molar-refractivity contribution < 1.29 is 13.2 Å². The summed E-state index contributed by atoms with van der Waals surface area (Å²) in [5.74, 6) is 0. The van der Waals surface area contributed by atoms with Crippen LogP contribution < -0.4 is 10.5 Å². The Labute approximate surface area is 119 Å². The maximum Gasteiger partial charge on any atom is 0.240 e. The van der Waals surface area contributed by atoms with E-state index in [1.807, 2.05) is 0 Å². The summed E-state index contributed by atoms with van der Waals surface area (Å²) in [6, 6.07) is 4.55. The first kappa shape index (κ1) is 16.4. The number of ether oxygens (including phenoxy) is 1. The molecule has 0 bridgehead atoms. The normalized spacial score (nSPS) is 11.7. The zero-order valence-corrected chi connectivity index (χ0v) is 12.4. The van der Waals surface area contributed by atoms with Crippen molar-refractivity contribution in [3.8, 4) is 0 Å². The molecule has 0 radical (unpaired) electrons. The summed E-state index contributed by atoms with van der Waals surface area (Å²) in [5.41, 5.74) is 6.20. The minimum absolute atomic E-state index is 0.154.